The lowest BCUT2D eigenvalue weighted by atomic mass is 9.74. The van der Waals surface area contributed by atoms with E-state index in [1.807, 2.05) is 14.0 Å². The SMILES string of the molecule is CCCC1(C(=O)N(C)CC(C)C#N)CCNCC1. The lowest BCUT2D eigenvalue weighted by Gasteiger charge is -2.39. The summed E-state index contributed by atoms with van der Waals surface area (Å²) in [5.74, 6) is 0.132. The van der Waals surface area contributed by atoms with Crippen molar-refractivity contribution in [3.8, 4) is 6.07 Å². The average Bonchev–Trinajstić information content (AvgIpc) is 2.39. The van der Waals surface area contributed by atoms with Crippen molar-refractivity contribution < 1.29 is 4.79 Å². The standard InChI is InChI=1S/C14H25N3O/c1-4-5-14(6-8-16-9-7-14)13(18)17(3)11-12(2)10-15/h12,16H,4-9,11H2,1-3H3. The van der Waals surface area contributed by atoms with E-state index in [1.165, 1.54) is 0 Å². The van der Waals surface area contributed by atoms with E-state index >= 15 is 0 Å². The largest absolute Gasteiger partial charge is 0.344 e. The van der Waals surface area contributed by atoms with Gasteiger partial charge in [-0.15, -0.1) is 0 Å². The van der Waals surface area contributed by atoms with E-state index < -0.39 is 0 Å². The Morgan fingerprint density at radius 1 is 1.50 bits per heavy atom. The van der Waals surface area contributed by atoms with Gasteiger partial charge < -0.3 is 10.2 Å². The van der Waals surface area contributed by atoms with Gasteiger partial charge in [0.15, 0.2) is 0 Å². The Balaban J connectivity index is 2.73. The van der Waals surface area contributed by atoms with Gasteiger partial charge in [-0.05, 0) is 39.3 Å². The number of rotatable bonds is 5. The van der Waals surface area contributed by atoms with Crippen molar-refractivity contribution in [2.75, 3.05) is 26.7 Å². The lowest BCUT2D eigenvalue weighted by Crippen LogP contribution is -2.49. The van der Waals surface area contributed by atoms with Gasteiger partial charge in [0.1, 0.15) is 0 Å². The molecule has 0 saturated carbocycles. The highest BCUT2D eigenvalue weighted by molar-refractivity contribution is 5.82. The van der Waals surface area contributed by atoms with Crippen molar-refractivity contribution in [1.29, 1.82) is 5.26 Å². The summed E-state index contributed by atoms with van der Waals surface area (Å²) in [6.07, 6.45) is 3.84. The predicted molar refractivity (Wildman–Crippen MR) is 71.9 cm³/mol. The van der Waals surface area contributed by atoms with E-state index in [9.17, 15) is 4.79 Å². The van der Waals surface area contributed by atoms with E-state index in [0.29, 0.717) is 6.54 Å². The monoisotopic (exact) mass is 251 g/mol. The fourth-order valence-corrected chi connectivity index (χ4v) is 2.89. The van der Waals surface area contributed by atoms with E-state index in [2.05, 4.69) is 18.3 Å². The molecule has 18 heavy (non-hydrogen) atoms. The van der Waals surface area contributed by atoms with Crippen LogP contribution in [0.5, 0.6) is 0 Å². The number of nitriles is 1. The van der Waals surface area contributed by atoms with Gasteiger partial charge in [-0.2, -0.15) is 5.26 Å². The van der Waals surface area contributed by atoms with Gasteiger partial charge in [0, 0.05) is 13.6 Å². The van der Waals surface area contributed by atoms with Gasteiger partial charge in [0.2, 0.25) is 5.91 Å². The second kappa shape index (κ2) is 6.75. The highest BCUT2D eigenvalue weighted by Crippen LogP contribution is 2.35. The molecule has 0 aliphatic carbocycles. The van der Waals surface area contributed by atoms with Crippen LogP contribution in [0.3, 0.4) is 0 Å². The summed E-state index contributed by atoms with van der Waals surface area (Å²) in [6, 6.07) is 2.19. The molecule has 0 spiro atoms. The van der Waals surface area contributed by atoms with E-state index in [-0.39, 0.29) is 17.2 Å². The fourth-order valence-electron chi connectivity index (χ4n) is 2.89. The summed E-state index contributed by atoms with van der Waals surface area (Å²) in [5, 5.41) is 12.2. The van der Waals surface area contributed by atoms with Crippen molar-refractivity contribution in [1.82, 2.24) is 10.2 Å². The van der Waals surface area contributed by atoms with Crippen LogP contribution in [0, 0.1) is 22.7 Å². The zero-order chi connectivity index (χ0) is 13.6. The third-order valence-electron chi connectivity index (χ3n) is 3.86. The van der Waals surface area contributed by atoms with E-state index in [0.717, 1.165) is 38.8 Å². The Morgan fingerprint density at radius 2 is 2.11 bits per heavy atom. The van der Waals surface area contributed by atoms with Crippen molar-refractivity contribution in [2.45, 2.75) is 39.5 Å². The molecule has 1 N–H and O–H groups in total. The molecular formula is C14H25N3O. The van der Waals surface area contributed by atoms with E-state index in [1.54, 1.807) is 4.90 Å². The summed E-state index contributed by atoms with van der Waals surface area (Å²) in [6.45, 7) is 6.38. The Bertz CT molecular complexity index is 310. The number of nitrogens with zero attached hydrogens (tertiary/aromatic N) is 2. The summed E-state index contributed by atoms with van der Waals surface area (Å²) in [7, 11) is 1.83. The van der Waals surface area contributed by atoms with Crippen molar-refractivity contribution in [3.63, 3.8) is 0 Å². The normalized spacial score (nSPS) is 19.9. The molecule has 1 saturated heterocycles. The van der Waals surface area contributed by atoms with Crippen molar-refractivity contribution in [3.05, 3.63) is 0 Å². The number of carbonyl (C=O) groups is 1. The molecule has 0 aromatic carbocycles. The molecule has 1 aliphatic heterocycles. The smallest absolute Gasteiger partial charge is 0.228 e. The summed E-state index contributed by atoms with van der Waals surface area (Å²) in [4.78, 5) is 14.4. The minimum Gasteiger partial charge on any atom is -0.344 e. The third-order valence-corrected chi connectivity index (χ3v) is 3.86. The van der Waals surface area contributed by atoms with Crippen LogP contribution < -0.4 is 5.32 Å². The molecule has 1 aliphatic rings. The maximum absolute atomic E-state index is 12.7. The van der Waals surface area contributed by atoms with Gasteiger partial charge in [0.25, 0.3) is 0 Å². The molecule has 4 heteroatoms. The Labute approximate surface area is 110 Å². The van der Waals surface area contributed by atoms with Crippen molar-refractivity contribution in [2.24, 2.45) is 11.3 Å². The first-order valence-corrected chi connectivity index (χ1v) is 6.91. The first-order valence-electron chi connectivity index (χ1n) is 6.91. The summed E-state index contributed by atoms with van der Waals surface area (Å²) >= 11 is 0. The number of hydrogen-bond donors (Lipinski definition) is 1. The quantitative estimate of drug-likeness (QED) is 0.810. The zero-order valence-electron chi connectivity index (χ0n) is 11.8. The van der Waals surface area contributed by atoms with E-state index in [4.69, 9.17) is 5.26 Å². The number of carbonyl (C=O) groups excluding carboxylic acids is 1. The molecule has 0 bridgehead atoms. The van der Waals surface area contributed by atoms with Gasteiger partial charge in [-0.1, -0.05) is 13.3 Å². The van der Waals surface area contributed by atoms with Crippen LogP contribution in [0.15, 0.2) is 0 Å². The van der Waals surface area contributed by atoms with Gasteiger partial charge >= 0.3 is 0 Å². The number of piperidine rings is 1. The summed E-state index contributed by atoms with van der Waals surface area (Å²) < 4.78 is 0. The van der Waals surface area contributed by atoms with Crippen LogP contribution in [0.4, 0.5) is 0 Å². The van der Waals surface area contributed by atoms with Crippen LogP contribution in [-0.4, -0.2) is 37.5 Å². The molecule has 1 atom stereocenters. The predicted octanol–water partition coefficient (Wildman–Crippen LogP) is 1.77. The van der Waals surface area contributed by atoms with Crippen LogP contribution in [0.1, 0.15) is 39.5 Å². The molecule has 1 fully saturated rings. The Hall–Kier alpha value is -1.08. The maximum atomic E-state index is 12.7. The maximum Gasteiger partial charge on any atom is 0.228 e. The molecule has 0 aromatic rings. The number of hydrogen-bond acceptors (Lipinski definition) is 3. The molecule has 0 aromatic heterocycles. The molecule has 4 nitrogen and oxygen atoms in total. The van der Waals surface area contributed by atoms with Gasteiger partial charge in [0.05, 0.1) is 17.4 Å². The van der Waals surface area contributed by atoms with Gasteiger partial charge in [-0.25, -0.2) is 0 Å². The fraction of sp³-hybridized carbons (Fsp3) is 0.857. The molecule has 1 unspecified atom stereocenters. The molecule has 1 heterocycles. The minimum atomic E-state index is -0.191. The van der Waals surface area contributed by atoms with Crippen LogP contribution in [0.2, 0.25) is 0 Å². The summed E-state index contributed by atoms with van der Waals surface area (Å²) in [5.41, 5.74) is -0.191. The van der Waals surface area contributed by atoms with Crippen LogP contribution in [-0.2, 0) is 4.79 Å². The average molecular weight is 251 g/mol. The molecule has 1 rings (SSSR count). The third kappa shape index (κ3) is 3.46. The molecule has 0 radical (unpaired) electrons. The zero-order valence-corrected chi connectivity index (χ0v) is 11.8. The molecule has 102 valence electrons. The second-order valence-corrected chi connectivity index (χ2v) is 5.50. The Morgan fingerprint density at radius 3 is 2.61 bits per heavy atom. The van der Waals surface area contributed by atoms with Gasteiger partial charge in [-0.3, -0.25) is 4.79 Å². The van der Waals surface area contributed by atoms with Crippen LogP contribution >= 0.6 is 0 Å². The van der Waals surface area contributed by atoms with Crippen molar-refractivity contribution >= 4 is 5.91 Å². The first-order chi connectivity index (χ1) is 8.55. The Kier molecular flexibility index (Phi) is 5.61. The minimum absolute atomic E-state index is 0.0978. The lowest BCUT2D eigenvalue weighted by molar-refractivity contribution is -0.143. The molecular weight excluding hydrogens is 226 g/mol. The topological polar surface area (TPSA) is 56.1 Å². The number of amides is 1. The number of nitrogens with one attached hydrogen (secondary N) is 1. The highest BCUT2D eigenvalue weighted by Gasteiger charge is 2.40. The van der Waals surface area contributed by atoms with Crippen LogP contribution in [0.25, 0.3) is 0 Å². The first kappa shape index (κ1) is 15.0. The second-order valence-electron chi connectivity index (χ2n) is 5.50. The highest BCUT2D eigenvalue weighted by atomic mass is 16.2. The molecule has 1 amide bonds.